The fourth-order valence-corrected chi connectivity index (χ4v) is 1.82. The molecule has 0 aliphatic carbocycles. The van der Waals surface area contributed by atoms with Crippen LogP contribution in [-0.2, 0) is 11.3 Å². The number of amides is 1. The number of aryl methyl sites for hydroxylation is 1. The van der Waals surface area contributed by atoms with Gasteiger partial charge in [-0.15, -0.1) is 0 Å². The second kappa shape index (κ2) is 5.27. The van der Waals surface area contributed by atoms with Gasteiger partial charge < -0.3 is 11.1 Å². The summed E-state index contributed by atoms with van der Waals surface area (Å²) in [5.74, 6) is 0.173. The average Bonchev–Trinajstić information content (AvgIpc) is 2.57. The first-order valence-electron chi connectivity index (χ1n) is 5.68. The van der Waals surface area contributed by atoms with Crippen molar-refractivity contribution in [1.82, 2.24) is 14.8 Å². The van der Waals surface area contributed by atoms with Gasteiger partial charge in [-0.05, 0) is 26.0 Å². The number of nitrogens with zero attached hydrogens (tertiary/aromatic N) is 3. The van der Waals surface area contributed by atoms with Crippen LogP contribution in [0.5, 0.6) is 0 Å². The molecule has 0 bridgehead atoms. The second-order valence-corrected chi connectivity index (χ2v) is 4.59. The molecule has 3 N–H and O–H groups in total. The third kappa shape index (κ3) is 3.03. The number of pyridine rings is 1. The van der Waals surface area contributed by atoms with E-state index in [2.05, 4.69) is 15.4 Å². The molecule has 0 atom stereocenters. The number of rotatable bonds is 3. The zero-order chi connectivity index (χ0) is 14.0. The van der Waals surface area contributed by atoms with E-state index in [0.29, 0.717) is 22.2 Å². The molecule has 0 fully saturated rings. The molecule has 0 saturated heterocycles. The van der Waals surface area contributed by atoms with Crippen LogP contribution in [0.15, 0.2) is 18.3 Å². The lowest BCUT2D eigenvalue weighted by atomic mass is 10.3. The number of carbonyl (C=O) groups is 1. The van der Waals surface area contributed by atoms with Crippen molar-refractivity contribution in [1.29, 1.82) is 0 Å². The Bertz CT molecular complexity index is 623. The van der Waals surface area contributed by atoms with Crippen LogP contribution >= 0.6 is 11.6 Å². The highest BCUT2D eigenvalue weighted by molar-refractivity contribution is 6.30. The summed E-state index contributed by atoms with van der Waals surface area (Å²) in [4.78, 5) is 15.9. The molecule has 0 spiro atoms. The normalized spacial score (nSPS) is 10.5. The Kier molecular flexibility index (Phi) is 3.71. The lowest BCUT2D eigenvalue weighted by Gasteiger charge is -2.06. The molecular weight excluding hydrogens is 266 g/mol. The molecule has 2 heterocycles. The molecule has 2 rings (SSSR count). The van der Waals surface area contributed by atoms with Gasteiger partial charge in [0.1, 0.15) is 12.4 Å². The summed E-state index contributed by atoms with van der Waals surface area (Å²) in [5, 5.41) is 7.36. The van der Waals surface area contributed by atoms with Crippen molar-refractivity contribution in [3.05, 3.63) is 34.7 Å². The maximum absolute atomic E-state index is 11.9. The summed E-state index contributed by atoms with van der Waals surface area (Å²) in [6.45, 7) is 3.70. The van der Waals surface area contributed by atoms with Crippen molar-refractivity contribution in [3.8, 4) is 0 Å². The minimum Gasteiger partial charge on any atom is -0.396 e. The van der Waals surface area contributed by atoms with Gasteiger partial charge in [-0.2, -0.15) is 5.10 Å². The molecule has 2 aromatic rings. The molecular formula is C12H14ClN5O. The summed E-state index contributed by atoms with van der Waals surface area (Å²) >= 11 is 5.81. The third-order valence-corrected chi connectivity index (χ3v) is 2.96. The largest absolute Gasteiger partial charge is 0.396 e. The Morgan fingerprint density at radius 3 is 2.84 bits per heavy atom. The molecule has 0 saturated carbocycles. The molecule has 0 radical (unpaired) electrons. The summed E-state index contributed by atoms with van der Waals surface area (Å²) in [6, 6.07) is 3.22. The summed E-state index contributed by atoms with van der Waals surface area (Å²) in [7, 11) is 0. The lowest BCUT2D eigenvalue weighted by molar-refractivity contribution is -0.117. The van der Waals surface area contributed by atoms with E-state index in [1.807, 2.05) is 6.92 Å². The van der Waals surface area contributed by atoms with Gasteiger partial charge in [-0.3, -0.25) is 9.48 Å². The molecule has 7 heteroatoms. The summed E-state index contributed by atoms with van der Waals surface area (Å²) < 4.78 is 1.56. The maximum atomic E-state index is 11.9. The monoisotopic (exact) mass is 279 g/mol. The van der Waals surface area contributed by atoms with Crippen molar-refractivity contribution in [2.75, 3.05) is 11.1 Å². The van der Waals surface area contributed by atoms with Gasteiger partial charge >= 0.3 is 0 Å². The second-order valence-electron chi connectivity index (χ2n) is 4.15. The van der Waals surface area contributed by atoms with E-state index in [4.69, 9.17) is 17.3 Å². The van der Waals surface area contributed by atoms with Gasteiger partial charge in [0, 0.05) is 11.2 Å². The molecule has 1 amide bonds. The van der Waals surface area contributed by atoms with Crippen LogP contribution in [0.2, 0.25) is 5.02 Å². The molecule has 2 aromatic heterocycles. The Balaban J connectivity index is 2.07. The number of nitrogen functional groups attached to an aromatic ring is 1. The van der Waals surface area contributed by atoms with E-state index in [0.717, 1.165) is 5.69 Å². The zero-order valence-corrected chi connectivity index (χ0v) is 11.4. The first-order valence-corrected chi connectivity index (χ1v) is 6.06. The Morgan fingerprint density at radius 1 is 1.53 bits per heavy atom. The van der Waals surface area contributed by atoms with Gasteiger partial charge in [0.25, 0.3) is 0 Å². The van der Waals surface area contributed by atoms with Crippen LogP contribution < -0.4 is 11.1 Å². The fraction of sp³-hybridized carbons (Fsp3) is 0.250. The zero-order valence-electron chi connectivity index (χ0n) is 10.6. The van der Waals surface area contributed by atoms with E-state index < -0.39 is 0 Å². The third-order valence-electron chi connectivity index (χ3n) is 2.72. The van der Waals surface area contributed by atoms with Gasteiger partial charge in [0.05, 0.1) is 17.1 Å². The van der Waals surface area contributed by atoms with E-state index in [-0.39, 0.29) is 12.5 Å². The highest BCUT2D eigenvalue weighted by atomic mass is 35.5. The first kappa shape index (κ1) is 13.4. The molecule has 100 valence electrons. The van der Waals surface area contributed by atoms with Crippen molar-refractivity contribution in [2.24, 2.45) is 0 Å². The average molecular weight is 280 g/mol. The topological polar surface area (TPSA) is 85.8 Å². The number of hydrogen-bond donors (Lipinski definition) is 2. The van der Waals surface area contributed by atoms with Crippen LogP contribution in [0.3, 0.4) is 0 Å². The number of nitrogens with two attached hydrogens (primary N) is 1. The number of hydrogen-bond acceptors (Lipinski definition) is 4. The van der Waals surface area contributed by atoms with Crippen molar-refractivity contribution < 1.29 is 4.79 Å². The van der Waals surface area contributed by atoms with E-state index in [9.17, 15) is 4.79 Å². The summed E-state index contributed by atoms with van der Waals surface area (Å²) in [6.07, 6.45) is 1.53. The highest BCUT2D eigenvalue weighted by Gasteiger charge is 2.11. The Morgan fingerprint density at radius 2 is 2.26 bits per heavy atom. The Hall–Kier alpha value is -2.08. The molecule has 0 aromatic carbocycles. The van der Waals surface area contributed by atoms with Gasteiger partial charge in [0.15, 0.2) is 0 Å². The van der Waals surface area contributed by atoms with E-state index >= 15 is 0 Å². The number of aromatic nitrogens is 3. The van der Waals surface area contributed by atoms with E-state index in [1.54, 1.807) is 23.7 Å². The quantitative estimate of drug-likeness (QED) is 0.896. The predicted octanol–water partition coefficient (Wildman–Crippen LogP) is 1.77. The summed E-state index contributed by atoms with van der Waals surface area (Å²) in [5.41, 5.74) is 7.90. The molecule has 0 unspecified atom stereocenters. The van der Waals surface area contributed by atoms with Crippen molar-refractivity contribution >= 4 is 29.0 Å². The number of nitrogens with one attached hydrogen (secondary N) is 1. The van der Waals surface area contributed by atoms with Crippen LogP contribution in [0.1, 0.15) is 11.4 Å². The van der Waals surface area contributed by atoms with Crippen LogP contribution in [0.4, 0.5) is 11.5 Å². The SMILES string of the molecule is Cc1nn(CC(=O)Nc2cc(Cl)ccn2)c(C)c1N. The first-order chi connectivity index (χ1) is 8.97. The predicted molar refractivity (Wildman–Crippen MR) is 74.0 cm³/mol. The van der Waals surface area contributed by atoms with Gasteiger partial charge in [-0.1, -0.05) is 11.6 Å². The Labute approximate surface area is 115 Å². The van der Waals surface area contributed by atoms with Gasteiger partial charge in [0.2, 0.25) is 5.91 Å². The molecule has 0 aliphatic rings. The standard InChI is InChI=1S/C12H14ClN5O/c1-7-12(14)8(2)18(17-7)6-11(19)16-10-5-9(13)3-4-15-10/h3-5H,6,14H2,1-2H3,(H,15,16,19). The highest BCUT2D eigenvalue weighted by Crippen LogP contribution is 2.15. The number of carbonyl (C=O) groups excluding carboxylic acids is 1. The van der Waals surface area contributed by atoms with Crippen LogP contribution in [0, 0.1) is 13.8 Å². The smallest absolute Gasteiger partial charge is 0.247 e. The van der Waals surface area contributed by atoms with Crippen LogP contribution in [0.25, 0.3) is 0 Å². The van der Waals surface area contributed by atoms with Crippen molar-refractivity contribution in [2.45, 2.75) is 20.4 Å². The minimum absolute atomic E-state index is 0.0814. The van der Waals surface area contributed by atoms with Crippen LogP contribution in [-0.4, -0.2) is 20.7 Å². The fourth-order valence-electron chi connectivity index (χ4n) is 1.66. The molecule has 6 nitrogen and oxygen atoms in total. The van der Waals surface area contributed by atoms with E-state index in [1.165, 1.54) is 6.20 Å². The molecule has 19 heavy (non-hydrogen) atoms. The lowest BCUT2D eigenvalue weighted by Crippen LogP contribution is -2.20. The van der Waals surface area contributed by atoms with Gasteiger partial charge in [-0.25, -0.2) is 4.98 Å². The number of halogens is 1. The number of anilines is 2. The maximum Gasteiger partial charge on any atom is 0.247 e. The van der Waals surface area contributed by atoms with Crippen molar-refractivity contribution in [3.63, 3.8) is 0 Å². The minimum atomic E-state index is -0.236. The molecule has 0 aliphatic heterocycles.